The molecule has 1 fully saturated rings. The minimum absolute atomic E-state index is 0.0112. The molecule has 0 spiro atoms. The first kappa shape index (κ1) is 12.8. The molecule has 1 aromatic heterocycles. The Bertz CT molecular complexity index is 399. The molecular weight excluding hydrogens is 232 g/mol. The van der Waals surface area contributed by atoms with E-state index in [-0.39, 0.29) is 18.5 Å². The topological polar surface area (TPSA) is 60.5 Å². The number of carbonyl (C=O) groups excluding carboxylic acids is 1. The number of ether oxygens (including phenoxy) is 2. The van der Waals surface area contributed by atoms with Gasteiger partial charge >= 0.3 is 0 Å². The van der Waals surface area contributed by atoms with E-state index in [0.29, 0.717) is 17.7 Å². The average Bonchev–Trinajstić information content (AvgIpc) is 2.32. The summed E-state index contributed by atoms with van der Waals surface area (Å²) in [5.74, 6) is 1.17. The van der Waals surface area contributed by atoms with Crippen LogP contribution in [0, 0.1) is 0 Å². The fraction of sp³-hybridized carbons (Fsp3) is 0.538. The van der Waals surface area contributed by atoms with Crippen LogP contribution in [0.1, 0.15) is 19.8 Å². The predicted octanol–water partition coefficient (Wildman–Crippen LogP) is 1.18. The molecule has 0 aliphatic heterocycles. The van der Waals surface area contributed by atoms with E-state index in [9.17, 15) is 4.79 Å². The van der Waals surface area contributed by atoms with Gasteiger partial charge in [-0.15, -0.1) is 0 Å². The first-order valence-corrected chi connectivity index (χ1v) is 6.09. The van der Waals surface area contributed by atoms with Gasteiger partial charge in [0.1, 0.15) is 18.5 Å². The molecule has 1 heterocycles. The lowest BCUT2D eigenvalue weighted by molar-refractivity contribution is -0.118. The zero-order valence-electron chi connectivity index (χ0n) is 10.7. The number of Topliss-reactive ketones (excluding diaryl/α,β-unsaturated/α-hetero) is 1. The molecule has 1 aliphatic rings. The van der Waals surface area contributed by atoms with Gasteiger partial charge in [-0.2, -0.15) is 0 Å². The molecule has 0 saturated heterocycles. The summed E-state index contributed by atoms with van der Waals surface area (Å²) in [7, 11) is 1.96. The molecule has 18 heavy (non-hydrogen) atoms. The Labute approximate surface area is 107 Å². The minimum Gasteiger partial charge on any atom is -0.484 e. The summed E-state index contributed by atoms with van der Waals surface area (Å²) in [6.07, 6.45) is 3.85. The smallest absolute Gasteiger partial charge is 0.213 e. The van der Waals surface area contributed by atoms with Crippen molar-refractivity contribution < 1.29 is 14.3 Å². The second-order valence-corrected chi connectivity index (χ2v) is 4.52. The minimum atomic E-state index is -0.0112. The molecule has 0 amide bonds. The van der Waals surface area contributed by atoms with Gasteiger partial charge in [0.2, 0.25) is 5.88 Å². The number of pyridine rings is 1. The summed E-state index contributed by atoms with van der Waals surface area (Å²) in [4.78, 5) is 14.9. The highest BCUT2D eigenvalue weighted by molar-refractivity contribution is 5.77. The van der Waals surface area contributed by atoms with Crippen molar-refractivity contribution in [2.75, 3.05) is 13.7 Å². The van der Waals surface area contributed by atoms with Crippen LogP contribution in [0.25, 0.3) is 0 Å². The summed E-state index contributed by atoms with van der Waals surface area (Å²) >= 11 is 0. The van der Waals surface area contributed by atoms with Crippen LogP contribution < -0.4 is 14.8 Å². The largest absolute Gasteiger partial charge is 0.484 e. The van der Waals surface area contributed by atoms with Crippen molar-refractivity contribution in [1.29, 1.82) is 0 Å². The lowest BCUT2D eigenvalue weighted by atomic mass is 9.89. The predicted molar refractivity (Wildman–Crippen MR) is 66.9 cm³/mol. The van der Waals surface area contributed by atoms with Crippen LogP contribution in [0.4, 0.5) is 0 Å². The number of nitrogens with zero attached hydrogens (tertiary/aromatic N) is 1. The lowest BCUT2D eigenvalue weighted by Gasteiger charge is -2.34. The second-order valence-electron chi connectivity index (χ2n) is 4.52. The molecule has 5 heteroatoms. The van der Waals surface area contributed by atoms with Gasteiger partial charge in [-0.25, -0.2) is 4.98 Å². The Morgan fingerprint density at radius 3 is 2.83 bits per heavy atom. The summed E-state index contributed by atoms with van der Waals surface area (Å²) in [6, 6.07) is 4.09. The molecule has 0 aromatic carbocycles. The fourth-order valence-electron chi connectivity index (χ4n) is 1.78. The van der Waals surface area contributed by atoms with Crippen molar-refractivity contribution in [3.8, 4) is 11.6 Å². The van der Waals surface area contributed by atoms with Gasteiger partial charge in [0, 0.05) is 12.1 Å². The number of hydrogen-bond donors (Lipinski definition) is 1. The maximum atomic E-state index is 10.8. The van der Waals surface area contributed by atoms with Gasteiger partial charge < -0.3 is 14.8 Å². The molecule has 0 radical (unpaired) electrons. The third-order valence-corrected chi connectivity index (χ3v) is 2.94. The van der Waals surface area contributed by atoms with Crippen LogP contribution in [-0.2, 0) is 4.79 Å². The Morgan fingerprint density at radius 1 is 1.50 bits per heavy atom. The average molecular weight is 250 g/mol. The lowest BCUT2D eigenvalue weighted by Crippen LogP contribution is -2.45. The molecule has 1 aromatic rings. The molecule has 1 aliphatic carbocycles. The van der Waals surface area contributed by atoms with Crippen molar-refractivity contribution in [1.82, 2.24) is 10.3 Å². The molecule has 1 N–H and O–H groups in total. The molecule has 98 valence electrons. The highest BCUT2D eigenvalue weighted by Crippen LogP contribution is 2.25. The first-order chi connectivity index (χ1) is 8.67. The van der Waals surface area contributed by atoms with E-state index in [0.717, 1.165) is 12.8 Å². The van der Waals surface area contributed by atoms with E-state index in [1.807, 2.05) is 7.05 Å². The van der Waals surface area contributed by atoms with E-state index >= 15 is 0 Å². The third-order valence-electron chi connectivity index (χ3n) is 2.94. The van der Waals surface area contributed by atoms with Crippen molar-refractivity contribution in [2.45, 2.75) is 31.9 Å². The quantitative estimate of drug-likeness (QED) is 0.821. The SMILES string of the molecule is CN[C@H]1C[C@H](Oc2ccc(OCC(C)=O)cn2)C1. The molecule has 0 unspecified atom stereocenters. The van der Waals surface area contributed by atoms with E-state index in [1.54, 1.807) is 18.3 Å². The highest BCUT2D eigenvalue weighted by Gasteiger charge is 2.29. The monoisotopic (exact) mass is 250 g/mol. The number of hydrogen-bond acceptors (Lipinski definition) is 5. The maximum absolute atomic E-state index is 10.8. The highest BCUT2D eigenvalue weighted by atomic mass is 16.5. The third kappa shape index (κ3) is 3.43. The van der Waals surface area contributed by atoms with E-state index in [4.69, 9.17) is 9.47 Å². The van der Waals surface area contributed by atoms with Crippen molar-refractivity contribution in [3.63, 3.8) is 0 Å². The number of ketones is 1. The van der Waals surface area contributed by atoms with Crippen LogP contribution in [0.3, 0.4) is 0 Å². The van der Waals surface area contributed by atoms with Gasteiger partial charge in [-0.05, 0) is 32.9 Å². The van der Waals surface area contributed by atoms with Crippen molar-refractivity contribution in [3.05, 3.63) is 18.3 Å². The van der Waals surface area contributed by atoms with Crippen LogP contribution in [0.2, 0.25) is 0 Å². The Kier molecular flexibility index (Phi) is 4.15. The van der Waals surface area contributed by atoms with Crippen molar-refractivity contribution in [2.24, 2.45) is 0 Å². The Balaban J connectivity index is 1.79. The van der Waals surface area contributed by atoms with E-state index in [2.05, 4.69) is 10.3 Å². The normalized spacial score (nSPS) is 22.1. The number of nitrogens with one attached hydrogen (secondary N) is 1. The van der Waals surface area contributed by atoms with Gasteiger partial charge in [0.15, 0.2) is 5.78 Å². The van der Waals surface area contributed by atoms with Crippen LogP contribution >= 0.6 is 0 Å². The summed E-state index contributed by atoms with van der Waals surface area (Å²) in [5.41, 5.74) is 0. The van der Waals surface area contributed by atoms with Gasteiger partial charge in [0.05, 0.1) is 6.20 Å². The molecular formula is C13H18N2O3. The maximum Gasteiger partial charge on any atom is 0.213 e. The van der Waals surface area contributed by atoms with Crippen LogP contribution in [0.15, 0.2) is 18.3 Å². The standard InChI is InChI=1S/C13H18N2O3/c1-9(16)8-17-11-3-4-13(15-7-11)18-12-5-10(6-12)14-2/h3-4,7,10,12,14H,5-6,8H2,1-2H3/t10-,12-. The molecule has 0 bridgehead atoms. The number of carbonyl (C=O) groups is 1. The summed E-state index contributed by atoms with van der Waals surface area (Å²) in [5, 5.41) is 3.20. The van der Waals surface area contributed by atoms with Crippen LogP contribution in [-0.4, -0.2) is 36.6 Å². The van der Waals surface area contributed by atoms with E-state index in [1.165, 1.54) is 6.92 Å². The second kappa shape index (κ2) is 5.82. The van der Waals surface area contributed by atoms with Gasteiger partial charge in [0.25, 0.3) is 0 Å². The summed E-state index contributed by atoms with van der Waals surface area (Å²) < 4.78 is 10.9. The summed E-state index contributed by atoms with van der Waals surface area (Å²) in [6.45, 7) is 1.56. The number of aromatic nitrogens is 1. The zero-order valence-corrected chi connectivity index (χ0v) is 10.7. The Morgan fingerprint density at radius 2 is 2.28 bits per heavy atom. The number of rotatable bonds is 6. The molecule has 2 rings (SSSR count). The molecule has 1 saturated carbocycles. The van der Waals surface area contributed by atoms with Crippen molar-refractivity contribution >= 4 is 5.78 Å². The van der Waals surface area contributed by atoms with E-state index < -0.39 is 0 Å². The molecule has 5 nitrogen and oxygen atoms in total. The fourth-order valence-corrected chi connectivity index (χ4v) is 1.78. The Hall–Kier alpha value is -1.62. The van der Waals surface area contributed by atoms with Gasteiger partial charge in [-0.1, -0.05) is 0 Å². The molecule has 0 atom stereocenters. The first-order valence-electron chi connectivity index (χ1n) is 6.09. The van der Waals surface area contributed by atoms with Gasteiger partial charge in [-0.3, -0.25) is 4.79 Å². The zero-order chi connectivity index (χ0) is 13.0. The van der Waals surface area contributed by atoms with Crippen LogP contribution in [0.5, 0.6) is 11.6 Å².